The maximum Gasteiger partial charge on any atom is 0.265 e. The largest absolute Gasteiger partial charge is 0.364 e. The second-order valence-corrected chi connectivity index (χ2v) is 5.78. The number of anilines is 1. The molecule has 0 aliphatic rings. The Balaban J connectivity index is 1.69. The molecule has 2 amide bonds. The van der Waals surface area contributed by atoms with Crippen LogP contribution in [-0.2, 0) is 11.3 Å². The fourth-order valence-corrected chi connectivity index (χ4v) is 2.79. The van der Waals surface area contributed by atoms with Crippen molar-refractivity contribution in [2.75, 3.05) is 5.32 Å². The molecule has 0 aromatic carbocycles. The summed E-state index contributed by atoms with van der Waals surface area (Å²) in [5.41, 5.74) is 6.52. The fraction of sp³-hybridized carbons (Fsp3) is 0.0667. The molecule has 0 fully saturated rings. The molecule has 3 heterocycles. The first-order valence-electron chi connectivity index (χ1n) is 6.92. The van der Waals surface area contributed by atoms with E-state index in [-0.39, 0.29) is 23.7 Å². The van der Waals surface area contributed by atoms with Crippen molar-refractivity contribution in [3.05, 3.63) is 58.1 Å². The first-order chi connectivity index (χ1) is 11.5. The van der Waals surface area contributed by atoms with E-state index in [2.05, 4.69) is 15.3 Å². The second-order valence-electron chi connectivity index (χ2n) is 4.92. The zero-order valence-electron chi connectivity index (χ0n) is 12.4. The molecule has 24 heavy (non-hydrogen) atoms. The number of aromatic amines is 1. The molecule has 122 valence electrons. The van der Waals surface area contributed by atoms with Crippen LogP contribution in [0.4, 0.5) is 5.13 Å². The molecule has 0 radical (unpaired) electrons. The maximum absolute atomic E-state index is 12.0. The maximum atomic E-state index is 12.0. The molecular formula is C15H13N5O3S. The Bertz CT molecular complexity index is 956. The molecule has 8 nitrogen and oxygen atoms in total. The van der Waals surface area contributed by atoms with Crippen LogP contribution in [0, 0.1) is 0 Å². The van der Waals surface area contributed by atoms with Gasteiger partial charge < -0.3 is 20.6 Å². The molecule has 0 spiro atoms. The molecule has 0 unspecified atom stereocenters. The van der Waals surface area contributed by atoms with Crippen LogP contribution in [0.1, 0.15) is 10.5 Å². The third-order valence-corrected chi connectivity index (χ3v) is 3.97. The topological polar surface area (TPSA) is 123 Å². The summed E-state index contributed by atoms with van der Waals surface area (Å²) in [5, 5.41) is 4.80. The summed E-state index contributed by atoms with van der Waals surface area (Å²) in [6.45, 7) is -0.0927. The van der Waals surface area contributed by atoms with E-state index < -0.39 is 5.91 Å². The molecule has 4 N–H and O–H groups in total. The molecule has 0 aliphatic heterocycles. The monoisotopic (exact) mass is 343 g/mol. The highest BCUT2D eigenvalue weighted by Crippen LogP contribution is 2.25. The predicted octanol–water partition coefficient (Wildman–Crippen LogP) is 1.04. The first kappa shape index (κ1) is 15.7. The number of hydrogen-bond acceptors (Lipinski definition) is 5. The molecule has 0 saturated carbocycles. The number of hydrogen-bond donors (Lipinski definition) is 3. The first-order valence-corrected chi connectivity index (χ1v) is 7.80. The van der Waals surface area contributed by atoms with Crippen molar-refractivity contribution in [1.82, 2.24) is 14.5 Å². The Morgan fingerprint density at radius 2 is 2.21 bits per heavy atom. The predicted molar refractivity (Wildman–Crippen MR) is 89.8 cm³/mol. The van der Waals surface area contributed by atoms with Crippen LogP contribution in [0.25, 0.3) is 11.3 Å². The number of nitrogens with one attached hydrogen (secondary N) is 2. The van der Waals surface area contributed by atoms with E-state index in [4.69, 9.17) is 5.73 Å². The van der Waals surface area contributed by atoms with Crippen molar-refractivity contribution in [2.24, 2.45) is 5.73 Å². The van der Waals surface area contributed by atoms with Gasteiger partial charge in [-0.25, -0.2) is 4.98 Å². The smallest absolute Gasteiger partial charge is 0.265 e. The van der Waals surface area contributed by atoms with Crippen molar-refractivity contribution >= 4 is 28.3 Å². The van der Waals surface area contributed by atoms with Gasteiger partial charge in [0.1, 0.15) is 12.2 Å². The number of primary amides is 1. The normalized spacial score (nSPS) is 10.5. The Morgan fingerprint density at radius 3 is 2.92 bits per heavy atom. The standard InChI is InChI=1S/C15H13N5O3S/c16-14(23)10-5-9(6-17-10)11-8-24-15(18-11)19-12(21)7-20-4-2-1-3-13(20)22/h1-6,8,17H,7H2,(H2,16,23)(H,18,19,21). The number of thiazole rings is 1. The molecular weight excluding hydrogens is 330 g/mol. The SMILES string of the molecule is NC(=O)c1cc(-c2csc(NC(=O)Cn3ccccc3=O)n2)c[nH]1. The Labute approximate surface area is 140 Å². The highest BCUT2D eigenvalue weighted by Gasteiger charge is 2.11. The molecule has 0 aliphatic carbocycles. The molecule has 3 aromatic heterocycles. The zero-order valence-corrected chi connectivity index (χ0v) is 13.2. The number of nitrogens with zero attached hydrogens (tertiary/aromatic N) is 2. The second kappa shape index (κ2) is 6.50. The number of H-pyrrole nitrogens is 1. The molecule has 3 rings (SSSR count). The van der Waals surface area contributed by atoms with E-state index >= 15 is 0 Å². The number of carbonyl (C=O) groups is 2. The van der Waals surface area contributed by atoms with E-state index in [0.29, 0.717) is 16.4 Å². The third kappa shape index (κ3) is 3.41. The summed E-state index contributed by atoms with van der Waals surface area (Å²) in [6, 6.07) is 6.27. The Morgan fingerprint density at radius 1 is 1.38 bits per heavy atom. The van der Waals surface area contributed by atoms with Gasteiger partial charge in [-0.05, 0) is 12.1 Å². The fourth-order valence-electron chi connectivity index (χ4n) is 2.05. The minimum Gasteiger partial charge on any atom is -0.364 e. The van der Waals surface area contributed by atoms with Gasteiger partial charge in [0, 0.05) is 29.4 Å². The van der Waals surface area contributed by atoms with E-state index in [1.807, 2.05) is 0 Å². The zero-order chi connectivity index (χ0) is 17.1. The Kier molecular flexibility index (Phi) is 4.25. The summed E-state index contributed by atoms with van der Waals surface area (Å²) in [6.07, 6.45) is 3.16. The Hall–Kier alpha value is -3.20. The van der Waals surface area contributed by atoms with E-state index in [0.717, 1.165) is 0 Å². The van der Waals surface area contributed by atoms with Crippen LogP contribution < -0.4 is 16.6 Å². The minimum absolute atomic E-state index is 0.0927. The van der Waals surface area contributed by atoms with Crippen LogP contribution in [-0.4, -0.2) is 26.3 Å². The van der Waals surface area contributed by atoms with Gasteiger partial charge >= 0.3 is 0 Å². The lowest BCUT2D eigenvalue weighted by molar-refractivity contribution is -0.116. The van der Waals surface area contributed by atoms with Gasteiger partial charge in [0.2, 0.25) is 5.91 Å². The van der Waals surface area contributed by atoms with Gasteiger partial charge in [-0.2, -0.15) is 0 Å². The minimum atomic E-state index is -0.557. The van der Waals surface area contributed by atoms with Crippen LogP contribution >= 0.6 is 11.3 Å². The van der Waals surface area contributed by atoms with Gasteiger partial charge in [0.05, 0.1) is 5.69 Å². The van der Waals surface area contributed by atoms with Crippen molar-refractivity contribution in [3.63, 3.8) is 0 Å². The third-order valence-electron chi connectivity index (χ3n) is 3.21. The lowest BCUT2D eigenvalue weighted by Gasteiger charge is -2.04. The van der Waals surface area contributed by atoms with Crippen LogP contribution in [0.2, 0.25) is 0 Å². The van der Waals surface area contributed by atoms with E-state index in [1.165, 1.54) is 22.0 Å². The molecule has 0 bridgehead atoms. The van der Waals surface area contributed by atoms with Crippen molar-refractivity contribution in [2.45, 2.75) is 6.54 Å². The number of nitrogens with two attached hydrogens (primary N) is 1. The number of carbonyl (C=O) groups excluding carboxylic acids is 2. The van der Waals surface area contributed by atoms with Crippen molar-refractivity contribution in [1.29, 1.82) is 0 Å². The summed E-state index contributed by atoms with van der Waals surface area (Å²) in [7, 11) is 0. The quantitative estimate of drug-likeness (QED) is 0.640. The lowest BCUT2D eigenvalue weighted by Crippen LogP contribution is -2.26. The number of aromatic nitrogens is 3. The molecule has 9 heteroatoms. The summed E-state index contributed by atoms with van der Waals surface area (Å²) >= 11 is 1.24. The van der Waals surface area contributed by atoms with Gasteiger partial charge in [-0.3, -0.25) is 14.4 Å². The lowest BCUT2D eigenvalue weighted by atomic mass is 10.2. The van der Waals surface area contributed by atoms with Crippen LogP contribution in [0.15, 0.2) is 46.8 Å². The highest BCUT2D eigenvalue weighted by molar-refractivity contribution is 7.14. The molecule has 0 atom stereocenters. The summed E-state index contributed by atoms with van der Waals surface area (Å²) in [5.74, 6) is -0.908. The van der Waals surface area contributed by atoms with Crippen LogP contribution in [0.3, 0.4) is 0 Å². The van der Waals surface area contributed by atoms with Crippen molar-refractivity contribution < 1.29 is 9.59 Å². The average Bonchev–Trinajstić information content (AvgIpc) is 3.18. The van der Waals surface area contributed by atoms with E-state index in [1.54, 1.807) is 36.0 Å². The summed E-state index contributed by atoms with van der Waals surface area (Å²) < 4.78 is 1.30. The van der Waals surface area contributed by atoms with Gasteiger partial charge in [-0.15, -0.1) is 11.3 Å². The van der Waals surface area contributed by atoms with Crippen molar-refractivity contribution in [3.8, 4) is 11.3 Å². The summed E-state index contributed by atoms with van der Waals surface area (Å²) in [4.78, 5) is 41.7. The van der Waals surface area contributed by atoms with Gasteiger partial charge in [0.15, 0.2) is 5.13 Å². The molecule has 3 aromatic rings. The van der Waals surface area contributed by atoms with Crippen LogP contribution in [0.5, 0.6) is 0 Å². The van der Waals surface area contributed by atoms with Gasteiger partial charge in [0.25, 0.3) is 11.5 Å². The van der Waals surface area contributed by atoms with Gasteiger partial charge in [-0.1, -0.05) is 6.07 Å². The highest BCUT2D eigenvalue weighted by atomic mass is 32.1. The number of rotatable bonds is 5. The molecule has 0 saturated heterocycles. The average molecular weight is 343 g/mol. The number of pyridine rings is 1. The van der Waals surface area contributed by atoms with E-state index in [9.17, 15) is 14.4 Å². The number of amides is 2.